The number of nitrogens with zero attached hydrogens (tertiary/aromatic N) is 2. The van der Waals surface area contributed by atoms with Crippen molar-refractivity contribution in [3.8, 4) is 5.69 Å². The predicted octanol–water partition coefficient (Wildman–Crippen LogP) is 3.23. The van der Waals surface area contributed by atoms with E-state index in [1.54, 1.807) is 36.4 Å². The molecule has 2 aromatic carbocycles. The number of carbonyl (C=O) groups is 4. The number of rotatable bonds is 7. The molecule has 4 rings (SSSR count). The van der Waals surface area contributed by atoms with Gasteiger partial charge in [0.1, 0.15) is 0 Å². The lowest BCUT2D eigenvalue weighted by Crippen LogP contribution is -2.33. The fraction of sp³-hybridized carbons (Fsp3) is 0.200. The number of nitrogens with one attached hydrogen (secondary N) is 3. The van der Waals surface area contributed by atoms with Gasteiger partial charge in [-0.2, -0.15) is 0 Å². The average Bonchev–Trinajstić information content (AvgIpc) is 3.33. The molecule has 1 aromatic heterocycles. The first-order valence-electron chi connectivity index (χ1n) is 10.9. The maximum atomic E-state index is 12.6. The van der Waals surface area contributed by atoms with Gasteiger partial charge in [-0.1, -0.05) is 0 Å². The minimum atomic E-state index is -0.484. The average molecular weight is 460 g/mol. The molecule has 34 heavy (non-hydrogen) atoms. The van der Waals surface area contributed by atoms with Gasteiger partial charge in [0.2, 0.25) is 11.8 Å². The molecule has 9 nitrogen and oxygen atoms in total. The van der Waals surface area contributed by atoms with Crippen molar-refractivity contribution in [1.29, 1.82) is 0 Å². The SMILES string of the molecule is Cc1ccc(C)n1-c1ccc(C(=O)Nc2ccc(NC(=O)CCN3C(=O)CNC3=O)cc2)cc1. The van der Waals surface area contributed by atoms with Crippen LogP contribution in [0.25, 0.3) is 5.69 Å². The van der Waals surface area contributed by atoms with Gasteiger partial charge in [-0.25, -0.2) is 4.79 Å². The summed E-state index contributed by atoms with van der Waals surface area (Å²) in [6.07, 6.45) is -0.00426. The van der Waals surface area contributed by atoms with Crippen LogP contribution in [0.15, 0.2) is 60.7 Å². The fourth-order valence-corrected chi connectivity index (χ4v) is 3.80. The van der Waals surface area contributed by atoms with Gasteiger partial charge < -0.3 is 20.5 Å². The van der Waals surface area contributed by atoms with Gasteiger partial charge in [0.25, 0.3) is 5.91 Å². The first-order chi connectivity index (χ1) is 16.3. The van der Waals surface area contributed by atoms with E-state index in [0.29, 0.717) is 16.9 Å². The maximum absolute atomic E-state index is 12.6. The second kappa shape index (κ2) is 9.62. The van der Waals surface area contributed by atoms with Crippen molar-refractivity contribution >= 4 is 35.1 Å². The summed E-state index contributed by atoms with van der Waals surface area (Å²) in [6, 6.07) is 17.7. The van der Waals surface area contributed by atoms with Crippen molar-refractivity contribution in [1.82, 2.24) is 14.8 Å². The van der Waals surface area contributed by atoms with E-state index in [-0.39, 0.29) is 37.2 Å². The van der Waals surface area contributed by atoms with E-state index in [1.807, 2.05) is 26.0 Å². The summed E-state index contributed by atoms with van der Waals surface area (Å²) in [7, 11) is 0. The molecule has 1 saturated heterocycles. The van der Waals surface area contributed by atoms with Crippen LogP contribution < -0.4 is 16.0 Å². The number of aromatic nitrogens is 1. The molecule has 0 aliphatic carbocycles. The van der Waals surface area contributed by atoms with Gasteiger partial charge in [0.05, 0.1) is 6.54 Å². The van der Waals surface area contributed by atoms with Crippen molar-refractivity contribution in [2.75, 3.05) is 23.7 Å². The van der Waals surface area contributed by atoms with E-state index in [4.69, 9.17) is 0 Å². The molecular weight excluding hydrogens is 434 g/mol. The number of hydrogen-bond donors (Lipinski definition) is 3. The summed E-state index contributed by atoms with van der Waals surface area (Å²) < 4.78 is 2.12. The topological polar surface area (TPSA) is 113 Å². The molecule has 3 aromatic rings. The lowest BCUT2D eigenvalue weighted by Gasteiger charge is -2.12. The third-order valence-corrected chi connectivity index (χ3v) is 5.58. The van der Waals surface area contributed by atoms with Crippen LogP contribution in [0.4, 0.5) is 16.2 Å². The van der Waals surface area contributed by atoms with Gasteiger partial charge in [0.15, 0.2) is 0 Å². The van der Waals surface area contributed by atoms with Crippen LogP contribution in [-0.2, 0) is 9.59 Å². The summed E-state index contributed by atoms with van der Waals surface area (Å²) >= 11 is 0. The number of imide groups is 1. The van der Waals surface area contributed by atoms with E-state index >= 15 is 0 Å². The molecule has 0 bridgehead atoms. The van der Waals surface area contributed by atoms with Crippen LogP contribution in [0.3, 0.4) is 0 Å². The molecular formula is C25H25N5O4. The summed E-state index contributed by atoms with van der Waals surface area (Å²) in [5.74, 6) is -0.905. The highest BCUT2D eigenvalue weighted by molar-refractivity contribution is 6.04. The highest BCUT2D eigenvalue weighted by Gasteiger charge is 2.28. The second-order valence-corrected chi connectivity index (χ2v) is 8.03. The molecule has 0 spiro atoms. The van der Waals surface area contributed by atoms with Crippen molar-refractivity contribution in [3.63, 3.8) is 0 Å². The van der Waals surface area contributed by atoms with Crippen LogP contribution in [-0.4, -0.2) is 46.3 Å². The van der Waals surface area contributed by atoms with Gasteiger partial charge >= 0.3 is 6.03 Å². The van der Waals surface area contributed by atoms with Crippen molar-refractivity contribution in [2.45, 2.75) is 20.3 Å². The Bertz CT molecular complexity index is 1210. The van der Waals surface area contributed by atoms with Crippen LogP contribution in [0.2, 0.25) is 0 Å². The molecule has 5 amide bonds. The number of urea groups is 1. The molecule has 0 unspecified atom stereocenters. The summed E-state index contributed by atoms with van der Waals surface area (Å²) in [6.45, 7) is 4.05. The highest BCUT2D eigenvalue weighted by atomic mass is 16.2. The van der Waals surface area contributed by atoms with Crippen LogP contribution in [0.5, 0.6) is 0 Å². The highest BCUT2D eigenvalue weighted by Crippen LogP contribution is 2.19. The number of aryl methyl sites for hydroxylation is 2. The first-order valence-corrected chi connectivity index (χ1v) is 10.9. The lowest BCUT2D eigenvalue weighted by atomic mass is 10.1. The van der Waals surface area contributed by atoms with Crippen LogP contribution in [0, 0.1) is 13.8 Å². The van der Waals surface area contributed by atoms with Crippen molar-refractivity contribution < 1.29 is 19.2 Å². The Balaban J connectivity index is 1.31. The Morgan fingerprint density at radius 1 is 0.853 bits per heavy atom. The molecule has 1 aliphatic heterocycles. The lowest BCUT2D eigenvalue weighted by molar-refractivity contribution is -0.125. The predicted molar refractivity (Wildman–Crippen MR) is 128 cm³/mol. The molecule has 2 heterocycles. The molecule has 1 aliphatic rings. The number of hydrogen-bond acceptors (Lipinski definition) is 4. The minimum absolute atomic E-state index is 0.00426. The third kappa shape index (κ3) is 4.98. The largest absolute Gasteiger partial charge is 0.329 e. The van der Waals surface area contributed by atoms with E-state index in [0.717, 1.165) is 22.0 Å². The number of carbonyl (C=O) groups excluding carboxylic acids is 4. The molecule has 0 saturated carbocycles. The van der Waals surface area contributed by atoms with Crippen LogP contribution >= 0.6 is 0 Å². The molecule has 1 fully saturated rings. The molecule has 0 radical (unpaired) electrons. The van der Waals surface area contributed by atoms with Gasteiger partial charge in [-0.05, 0) is 74.5 Å². The van der Waals surface area contributed by atoms with Gasteiger partial charge in [-0.15, -0.1) is 0 Å². The fourth-order valence-electron chi connectivity index (χ4n) is 3.80. The second-order valence-electron chi connectivity index (χ2n) is 8.03. The summed E-state index contributed by atoms with van der Waals surface area (Å²) in [5.41, 5.74) is 4.90. The number of benzene rings is 2. The Labute approximate surface area is 196 Å². The number of anilines is 2. The minimum Gasteiger partial charge on any atom is -0.329 e. The van der Waals surface area contributed by atoms with E-state index in [1.165, 1.54) is 0 Å². The van der Waals surface area contributed by atoms with Crippen molar-refractivity contribution in [2.24, 2.45) is 0 Å². The normalized spacial score (nSPS) is 13.1. The Hall–Kier alpha value is -4.40. The summed E-state index contributed by atoms with van der Waals surface area (Å²) in [5, 5.41) is 7.96. The van der Waals surface area contributed by atoms with E-state index in [2.05, 4.69) is 32.7 Å². The smallest absolute Gasteiger partial charge is 0.324 e. The zero-order valence-electron chi connectivity index (χ0n) is 18.9. The first kappa shape index (κ1) is 22.8. The molecule has 9 heteroatoms. The monoisotopic (exact) mass is 459 g/mol. The van der Waals surface area contributed by atoms with Gasteiger partial charge in [-0.3, -0.25) is 19.3 Å². The molecule has 0 atom stereocenters. The molecule has 3 N–H and O–H groups in total. The van der Waals surface area contributed by atoms with E-state index in [9.17, 15) is 19.2 Å². The van der Waals surface area contributed by atoms with E-state index < -0.39 is 6.03 Å². The van der Waals surface area contributed by atoms with Crippen molar-refractivity contribution in [3.05, 3.63) is 77.6 Å². The third-order valence-electron chi connectivity index (χ3n) is 5.58. The molecule has 174 valence electrons. The Morgan fingerprint density at radius 2 is 1.44 bits per heavy atom. The zero-order chi connectivity index (χ0) is 24.2. The van der Waals surface area contributed by atoms with Crippen LogP contribution in [0.1, 0.15) is 28.2 Å². The number of amides is 5. The Morgan fingerprint density at radius 3 is 2.00 bits per heavy atom. The zero-order valence-corrected chi connectivity index (χ0v) is 18.9. The van der Waals surface area contributed by atoms with Gasteiger partial charge in [0, 0.05) is 47.0 Å². The summed E-state index contributed by atoms with van der Waals surface area (Å²) in [4.78, 5) is 48.8. The quantitative estimate of drug-likeness (QED) is 0.471. The maximum Gasteiger partial charge on any atom is 0.324 e. The Kier molecular flexibility index (Phi) is 6.44. The standard InChI is InChI=1S/C25H25N5O4/c1-16-3-4-17(2)30(16)21-11-5-18(6-12-21)24(33)28-20-9-7-19(8-10-20)27-22(31)13-14-29-23(32)15-26-25(29)34/h3-12H,13-15H2,1-2H3,(H,26,34)(H,27,31)(H,28,33).